The second-order valence-corrected chi connectivity index (χ2v) is 5.97. The Labute approximate surface area is 130 Å². The van der Waals surface area contributed by atoms with Crippen molar-refractivity contribution in [3.8, 4) is 0 Å². The van der Waals surface area contributed by atoms with Gasteiger partial charge in [0.2, 0.25) is 0 Å². The number of Topliss-reactive ketones (excluding diaryl/α,β-unsaturated/α-hetero) is 1. The van der Waals surface area contributed by atoms with Crippen LogP contribution in [0, 0.1) is 19.7 Å². The molecule has 0 unspecified atom stereocenters. The zero-order valence-electron chi connectivity index (χ0n) is 11.1. The van der Waals surface area contributed by atoms with Gasteiger partial charge in [-0.15, -0.1) is 0 Å². The van der Waals surface area contributed by atoms with E-state index >= 15 is 0 Å². The average molecular weight is 356 g/mol. The lowest BCUT2D eigenvalue weighted by Crippen LogP contribution is -2.07. The van der Waals surface area contributed by atoms with E-state index in [0.29, 0.717) is 4.47 Å². The van der Waals surface area contributed by atoms with Gasteiger partial charge in [-0.1, -0.05) is 29.8 Å². The molecule has 0 saturated carbocycles. The third-order valence-corrected chi connectivity index (χ3v) is 4.53. The SMILES string of the molecule is Cc1ccc(CC(=O)c2ccc(Br)c(Cl)c2F)cc1C. The quantitative estimate of drug-likeness (QED) is 0.540. The van der Waals surface area contributed by atoms with E-state index in [1.165, 1.54) is 11.6 Å². The molecule has 0 heterocycles. The standard InChI is InChI=1S/C16H13BrClFO/c1-9-3-4-11(7-10(9)2)8-14(20)12-5-6-13(17)15(18)16(12)19/h3-7H,8H2,1-2H3. The van der Waals surface area contributed by atoms with E-state index in [1.54, 1.807) is 6.07 Å². The Morgan fingerprint density at radius 3 is 2.55 bits per heavy atom. The average Bonchev–Trinajstić information content (AvgIpc) is 2.40. The highest BCUT2D eigenvalue weighted by Gasteiger charge is 2.16. The minimum atomic E-state index is -0.671. The number of carbonyl (C=O) groups is 1. The predicted molar refractivity (Wildman–Crippen MR) is 83.1 cm³/mol. The first-order chi connectivity index (χ1) is 9.40. The summed E-state index contributed by atoms with van der Waals surface area (Å²) in [6.07, 6.45) is 0.163. The fourth-order valence-corrected chi connectivity index (χ4v) is 2.41. The number of halogens is 3. The summed E-state index contributed by atoms with van der Waals surface area (Å²) in [7, 11) is 0. The number of aryl methyl sites for hydroxylation is 2. The minimum Gasteiger partial charge on any atom is -0.294 e. The number of hydrogen-bond donors (Lipinski definition) is 0. The van der Waals surface area contributed by atoms with Crippen LogP contribution in [-0.4, -0.2) is 5.78 Å². The fourth-order valence-electron chi connectivity index (χ4n) is 1.94. The summed E-state index contributed by atoms with van der Waals surface area (Å²) in [6, 6.07) is 8.83. The third-order valence-electron chi connectivity index (χ3n) is 3.27. The Morgan fingerprint density at radius 1 is 1.20 bits per heavy atom. The molecule has 20 heavy (non-hydrogen) atoms. The topological polar surface area (TPSA) is 17.1 Å². The molecule has 0 aliphatic rings. The van der Waals surface area contributed by atoms with Crippen molar-refractivity contribution in [2.24, 2.45) is 0 Å². The van der Waals surface area contributed by atoms with Gasteiger partial charge in [0.15, 0.2) is 11.6 Å². The first kappa shape index (κ1) is 15.2. The molecule has 0 fully saturated rings. The van der Waals surface area contributed by atoms with Crippen molar-refractivity contribution in [3.05, 3.63) is 67.9 Å². The van der Waals surface area contributed by atoms with Crippen molar-refractivity contribution in [1.29, 1.82) is 0 Å². The maximum Gasteiger partial charge on any atom is 0.170 e. The van der Waals surface area contributed by atoms with Crippen LogP contribution in [0.5, 0.6) is 0 Å². The third kappa shape index (κ3) is 3.10. The Hall–Kier alpha value is -1.19. The van der Waals surface area contributed by atoms with Gasteiger partial charge in [-0.05, 0) is 58.6 Å². The molecule has 0 aliphatic heterocycles. The molecule has 0 aromatic heterocycles. The molecule has 2 rings (SSSR count). The first-order valence-corrected chi connectivity index (χ1v) is 7.30. The maximum atomic E-state index is 14.0. The van der Waals surface area contributed by atoms with Crippen LogP contribution in [0.15, 0.2) is 34.8 Å². The highest BCUT2D eigenvalue weighted by molar-refractivity contribution is 9.10. The number of ketones is 1. The summed E-state index contributed by atoms with van der Waals surface area (Å²) in [5, 5.41) is -0.0593. The van der Waals surface area contributed by atoms with Gasteiger partial charge < -0.3 is 0 Å². The molecular weight excluding hydrogens is 343 g/mol. The van der Waals surface area contributed by atoms with E-state index in [1.807, 2.05) is 32.0 Å². The minimum absolute atomic E-state index is 0.0245. The smallest absolute Gasteiger partial charge is 0.170 e. The zero-order valence-corrected chi connectivity index (χ0v) is 13.5. The lowest BCUT2D eigenvalue weighted by Gasteiger charge is -2.07. The molecule has 0 atom stereocenters. The van der Waals surface area contributed by atoms with Crippen molar-refractivity contribution in [2.75, 3.05) is 0 Å². The van der Waals surface area contributed by atoms with Gasteiger partial charge in [-0.25, -0.2) is 4.39 Å². The van der Waals surface area contributed by atoms with Gasteiger partial charge >= 0.3 is 0 Å². The Balaban J connectivity index is 2.28. The molecular formula is C16H13BrClFO. The predicted octanol–water partition coefficient (Wildman–Crippen LogP) is 5.28. The maximum absolute atomic E-state index is 14.0. The molecule has 0 saturated heterocycles. The first-order valence-electron chi connectivity index (χ1n) is 6.13. The zero-order chi connectivity index (χ0) is 14.9. The molecule has 0 N–H and O–H groups in total. The van der Waals surface area contributed by atoms with Crippen molar-refractivity contribution >= 4 is 33.3 Å². The Kier molecular flexibility index (Phi) is 4.61. The molecule has 0 amide bonds. The summed E-state index contributed by atoms with van der Waals surface area (Å²) in [5.41, 5.74) is 3.18. The lowest BCUT2D eigenvalue weighted by atomic mass is 9.99. The van der Waals surface area contributed by atoms with Crippen LogP contribution >= 0.6 is 27.5 Å². The van der Waals surface area contributed by atoms with E-state index in [0.717, 1.165) is 11.1 Å². The van der Waals surface area contributed by atoms with E-state index in [-0.39, 0.29) is 22.8 Å². The summed E-state index contributed by atoms with van der Waals surface area (Å²) >= 11 is 8.93. The van der Waals surface area contributed by atoms with Crippen molar-refractivity contribution in [3.63, 3.8) is 0 Å². The van der Waals surface area contributed by atoms with Crippen LogP contribution in [0.2, 0.25) is 5.02 Å². The molecule has 2 aromatic rings. The van der Waals surface area contributed by atoms with Crippen LogP contribution in [0.1, 0.15) is 27.0 Å². The van der Waals surface area contributed by atoms with Crippen molar-refractivity contribution in [2.45, 2.75) is 20.3 Å². The van der Waals surface area contributed by atoms with Gasteiger partial charge in [0, 0.05) is 10.9 Å². The van der Waals surface area contributed by atoms with Crippen molar-refractivity contribution < 1.29 is 9.18 Å². The number of hydrogen-bond acceptors (Lipinski definition) is 1. The summed E-state index contributed by atoms with van der Waals surface area (Å²) in [6.45, 7) is 4.00. The highest BCUT2D eigenvalue weighted by atomic mass is 79.9. The molecule has 0 bridgehead atoms. The largest absolute Gasteiger partial charge is 0.294 e. The highest BCUT2D eigenvalue weighted by Crippen LogP contribution is 2.28. The van der Waals surface area contributed by atoms with Crippen molar-refractivity contribution in [1.82, 2.24) is 0 Å². The van der Waals surface area contributed by atoms with Gasteiger partial charge in [-0.3, -0.25) is 4.79 Å². The lowest BCUT2D eigenvalue weighted by molar-refractivity contribution is 0.0989. The van der Waals surface area contributed by atoms with Gasteiger partial charge in [0.25, 0.3) is 0 Å². The van der Waals surface area contributed by atoms with E-state index in [2.05, 4.69) is 15.9 Å². The van der Waals surface area contributed by atoms with Crippen LogP contribution in [0.3, 0.4) is 0 Å². The monoisotopic (exact) mass is 354 g/mol. The molecule has 1 nitrogen and oxygen atoms in total. The van der Waals surface area contributed by atoms with Crippen LogP contribution in [0.4, 0.5) is 4.39 Å². The molecule has 0 spiro atoms. The Bertz CT molecular complexity index is 682. The van der Waals surface area contributed by atoms with Gasteiger partial charge in [-0.2, -0.15) is 0 Å². The number of rotatable bonds is 3. The van der Waals surface area contributed by atoms with E-state index in [9.17, 15) is 9.18 Å². The summed E-state index contributed by atoms with van der Waals surface area (Å²) in [5.74, 6) is -0.949. The Morgan fingerprint density at radius 2 is 1.90 bits per heavy atom. The molecule has 0 radical (unpaired) electrons. The molecule has 4 heteroatoms. The normalized spacial score (nSPS) is 10.7. The fraction of sp³-hybridized carbons (Fsp3) is 0.188. The second kappa shape index (κ2) is 6.06. The van der Waals surface area contributed by atoms with Crippen LogP contribution < -0.4 is 0 Å². The number of carbonyl (C=O) groups excluding carboxylic acids is 1. The molecule has 104 valence electrons. The second-order valence-electron chi connectivity index (χ2n) is 4.74. The molecule has 2 aromatic carbocycles. The summed E-state index contributed by atoms with van der Waals surface area (Å²) in [4.78, 5) is 12.2. The van der Waals surface area contributed by atoms with E-state index in [4.69, 9.17) is 11.6 Å². The van der Waals surface area contributed by atoms with Gasteiger partial charge in [0.05, 0.1) is 10.6 Å². The molecule has 0 aliphatic carbocycles. The number of benzene rings is 2. The van der Waals surface area contributed by atoms with E-state index < -0.39 is 5.82 Å². The summed E-state index contributed by atoms with van der Waals surface area (Å²) < 4.78 is 14.4. The van der Waals surface area contributed by atoms with Gasteiger partial charge in [0.1, 0.15) is 0 Å². The van der Waals surface area contributed by atoms with Crippen LogP contribution in [0.25, 0.3) is 0 Å². The van der Waals surface area contributed by atoms with Crippen LogP contribution in [-0.2, 0) is 6.42 Å².